The van der Waals surface area contributed by atoms with E-state index in [1.165, 1.54) is 5.69 Å². The highest BCUT2D eigenvalue weighted by molar-refractivity contribution is 5.71. The van der Waals surface area contributed by atoms with E-state index in [9.17, 15) is 4.79 Å². The van der Waals surface area contributed by atoms with Gasteiger partial charge in [0.05, 0.1) is 0 Å². The van der Waals surface area contributed by atoms with E-state index in [1.54, 1.807) is 0 Å². The van der Waals surface area contributed by atoms with Crippen LogP contribution in [0.25, 0.3) is 11.1 Å². The van der Waals surface area contributed by atoms with Gasteiger partial charge in [0, 0.05) is 62.6 Å². The van der Waals surface area contributed by atoms with E-state index in [0.29, 0.717) is 44.1 Å². The Kier molecular flexibility index (Phi) is 9.21. The zero-order chi connectivity index (χ0) is 31.2. The number of benzene rings is 3. The number of anilines is 1. The van der Waals surface area contributed by atoms with Gasteiger partial charge in [0.25, 0.3) is 0 Å². The molecule has 0 bridgehead atoms. The number of aromatic nitrogens is 1. The van der Waals surface area contributed by atoms with Crippen LogP contribution in [0.15, 0.2) is 97.1 Å². The van der Waals surface area contributed by atoms with Gasteiger partial charge in [0.2, 0.25) is 11.8 Å². The highest BCUT2D eigenvalue weighted by Gasteiger charge is 2.35. The molecule has 2 fully saturated rings. The number of carbonyl (C=O) groups is 1. The number of piperazine rings is 1. The third-order valence-corrected chi connectivity index (χ3v) is 8.17. The average molecular weight is 607 g/mol. The number of pyridine rings is 1. The predicted molar refractivity (Wildman–Crippen MR) is 177 cm³/mol. The first-order valence-corrected chi connectivity index (χ1v) is 15.7. The Balaban J connectivity index is 1.07. The second-order valence-corrected chi connectivity index (χ2v) is 12.7. The number of carbonyl (C=O) groups excluding carboxylic acids is 1. The molecule has 45 heavy (non-hydrogen) atoms. The van der Waals surface area contributed by atoms with Crippen LogP contribution in [0.2, 0.25) is 0 Å². The molecule has 4 aromatic rings. The molecule has 0 spiro atoms. The zero-order valence-corrected chi connectivity index (χ0v) is 26.4. The number of ether oxygens (including phenoxy) is 3. The molecule has 3 heterocycles. The summed E-state index contributed by atoms with van der Waals surface area (Å²) in [7, 11) is 0. The molecule has 0 saturated carbocycles. The Morgan fingerprint density at radius 2 is 1.36 bits per heavy atom. The molecular weight excluding hydrogens is 564 g/mol. The number of nitrogens with zero attached hydrogens (tertiary/aromatic N) is 4. The maximum absolute atomic E-state index is 12.4. The standard InChI is InChI=1S/C37H42N4O4/c1-37(2,3)45-36(42)40-22-20-39(21-23-40)32-24-41(25-32)31-16-14-30(15-17-31)33-18-19-34(43-26-28-10-6-4-7-11-28)38-35(33)44-27-29-12-8-5-9-13-29/h4-19,32H,20-27H2,1-3H3. The highest BCUT2D eigenvalue weighted by atomic mass is 16.6. The van der Waals surface area contributed by atoms with Crippen molar-refractivity contribution in [2.45, 2.75) is 45.6 Å². The first-order chi connectivity index (χ1) is 21.8. The number of hydrogen-bond acceptors (Lipinski definition) is 7. The zero-order valence-electron chi connectivity index (χ0n) is 26.4. The summed E-state index contributed by atoms with van der Waals surface area (Å²) >= 11 is 0. The van der Waals surface area contributed by atoms with Crippen molar-refractivity contribution >= 4 is 11.8 Å². The lowest BCUT2D eigenvalue weighted by Gasteiger charge is -2.49. The highest BCUT2D eigenvalue weighted by Crippen LogP contribution is 2.34. The van der Waals surface area contributed by atoms with Gasteiger partial charge in [-0.25, -0.2) is 4.79 Å². The van der Waals surface area contributed by atoms with Gasteiger partial charge in [0.15, 0.2) is 0 Å². The molecule has 0 radical (unpaired) electrons. The van der Waals surface area contributed by atoms with Gasteiger partial charge >= 0.3 is 6.09 Å². The van der Waals surface area contributed by atoms with Gasteiger partial charge in [-0.2, -0.15) is 4.98 Å². The van der Waals surface area contributed by atoms with Crippen LogP contribution in [0.1, 0.15) is 31.9 Å². The van der Waals surface area contributed by atoms with Crippen molar-refractivity contribution in [1.29, 1.82) is 0 Å². The van der Waals surface area contributed by atoms with Gasteiger partial charge in [-0.3, -0.25) is 4.90 Å². The first kappa shape index (κ1) is 30.5. The molecule has 1 aromatic heterocycles. The third kappa shape index (κ3) is 7.94. The van der Waals surface area contributed by atoms with Gasteiger partial charge in [0.1, 0.15) is 18.8 Å². The predicted octanol–water partition coefficient (Wildman–Crippen LogP) is 6.65. The summed E-state index contributed by atoms with van der Waals surface area (Å²) in [6.07, 6.45) is -0.212. The van der Waals surface area contributed by atoms with Crippen molar-refractivity contribution in [2.75, 3.05) is 44.2 Å². The molecular formula is C37H42N4O4. The lowest BCUT2D eigenvalue weighted by Crippen LogP contribution is -2.63. The van der Waals surface area contributed by atoms with Crippen LogP contribution in [0.5, 0.6) is 11.8 Å². The monoisotopic (exact) mass is 606 g/mol. The van der Waals surface area contributed by atoms with E-state index >= 15 is 0 Å². The molecule has 8 heteroatoms. The summed E-state index contributed by atoms with van der Waals surface area (Å²) in [4.78, 5) is 23.9. The van der Waals surface area contributed by atoms with Crippen molar-refractivity contribution in [2.24, 2.45) is 0 Å². The van der Waals surface area contributed by atoms with Crippen LogP contribution >= 0.6 is 0 Å². The average Bonchev–Trinajstić information content (AvgIpc) is 3.03. The molecule has 3 aromatic carbocycles. The summed E-state index contributed by atoms with van der Waals surface area (Å²) in [5.74, 6) is 1.08. The fraction of sp³-hybridized carbons (Fsp3) is 0.351. The fourth-order valence-corrected chi connectivity index (χ4v) is 5.64. The van der Waals surface area contributed by atoms with Crippen molar-refractivity contribution < 1.29 is 19.0 Å². The molecule has 1 amide bonds. The van der Waals surface area contributed by atoms with E-state index in [1.807, 2.05) is 98.5 Å². The van der Waals surface area contributed by atoms with Gasteiger partial charge in [-0.1, -0.05) is 72.8 Å². The number of rotatable bonds is 9. The van der Waals surface area contributed by atoms with Crippen LogP contribution in [-0.2, 0) is 18.0 Å². The first-order valence-electron chi connectivity index (χ1n) is 15.7. The van der Waals surface area contributed by atoms with Gasteiger partial charge < -0.3 is 24.0 Å². The molecule has 234 valence electrons. The van der Waals surface area contributed by atoms with Crippen molar-refractivity contribution in [3.8, 4) is 22.9 Å². The second-order valence-electron chi connectivity index (χ2n) is 12.7. The minimum Gasteiger partial charge on any atom is -0.473 e. The van der Waals surface area contributed by atoms with E-state index < -0.39 is 5.60 Å². The van der Waals surface area contributed by atoms with E-state index in [-0.39, 0.29) is 6.09 Å². The molecule has 2 aliphatic rings. The topological polar surface area (TPSA) is 67.4 Å². The Hall–Kier alpha value is -4.56. The molecule has 8 nitrogen and oxygen atoms in total. The maximum Gasteiger partial charge on any atom is 0.410 e. The third-order valence-electron chi connectivity index (χ3n) is 8.17. The van der Waals surface area contributed by atoms with Gasteiger partial charge in [-0.05, 0) is 55.7 Å². The summed E-state index contributed by atoms with van der Waals surface area (Å²) in [6, 6.07) is 33.2. The molecule has 2 aliphatic heterocycles. The van der Waals surface area contributed by atoms with E-state index in [2.05, 4.69) is 34.1 Å². The van der Waals surface area contributed by atoms with E-state index in [0.717, 1.165) is 48.4 Å². The van der Waals surface area contributed by atoms with Gasteiger partial charge in [-0.15, -0.1) is 0 Å². The van der Waals surface area contributed by atoms with E-state index in [4.69, 9.17) is 19.2 Å². The quantitative estimate of drug-likeness (QED) is 0.211. The maximum atomic E-state index is 12.4. The van der Waals surface area contributed by atoms with Crippen LogP contribution in [0.4, 0.5) is 10.5 Å². The Labute approximate surface area is 266 Å². The van der Waals surface area contributed by atoms with Crippen LogP contribution in [-0.4, -0.2) is 71.8 Å². The summed E-state index contributed by atoms with van der Waals surface area (Å²) in [5.41, 5.74) is 4.86. The number of amides is 1. The smallest absolute Gasteiger partial charge is 0.410 e. The largest absolute Gasteiger partial charge is 0.473 e. The minimum atomic E-state index is -0.466. The van der Waals surface area contributed by atoms with Crippen LogP contribution in [0, 0.1) is 0 Å². The Bertz CT molecular complexity index is 1540. The van der Waals surface area contributed by atoms with Crippen molar-refractivity contribution in [3.05, 3.63) is 108 Å². The molecule has 0 atom stereocenters. The van der Waals surface area contributed by atoms with Crippen LogP contribution in [0.3, 0.4) is 0 Å². The normalized spacial score (nSPS) is 15.8. The van der Waals surface area contributed by atoms with Crippen molar-refractivity contribution in [1.82, 2.24) is 14.8 Å². The molecule has 6 rings (SSSR count). The molecule has 0 N–H and O–H groups in total. The summed E-state index contributed by atoms with van der Waals surface area (Å²) < 4.78 is 17.8. The lowest BCUT2D eigenvalue weighted by molar-refractivity contribution is 0.00876. The fourth-order valence-electron chi connectivity index (χ4n) is 5.64. The SMILES string of the molecule is CC(C)(C)OC(=O)N1CCN(C2CN(c3ccc(-c4ccc(OCc5ccccc5)nc4OCc4ccccc4)cc3)C2)CC1. The summed E-state index contributed by atoms with van der Waals surface area (Å²) in [6.45, 7) is 11.7. The Morgan fingerprint density at radius 3 is 1.96 bits per heavy atom. The second kappa shape index (κ2) is 13.6. The molecule has 0 aliphatic carbocycles. The lowest BCUT2D eigenvalue weighted by atomic mass is 10.0. The molecule has 0 unspecified atom stereocenters. The van der Waals surface area contributed by atoms with Crippen LogP contribution < -0.4 is 14.4 Å². The number of hydrogen-bond donors (Lipinski definition) is 0. The van der Waals surface area contributed by atoms with Crippen molar-refractivity contribution in [3.63, 3.8) is 0 Å². The molecule has 2 saturated heterocycles. The Morgan fingerprint density at radius 1 is 0.756 bits per heavy atom. The summed E-state index contributed by atoms with van der Waals surface area (Å²) in [5, 5.41) is 0. The minimum absolute atomic E-state index is 0.212.